The van der Waals surface area contributed by atoms with Gasteiger partial charge in [0.1, 0.15) is 0 Å². The van der Waals surface area contributed by atoms with Gasteiger partial charge in [-0.3, -0.25) is 14.0 Å². The monoisotopic (exact) mass is 383 g/mol. The van der Waals surface area contributed by atoms with Crippen LogP contribution < -0.4 is 15.2 Å². The molecule has 1 aromatic heterocycles. The fraction of sp³-hybridized carbons (Fsp3) is 0.381. The van der Waals surface area contributed by atoms with Crippen molar-refractivity contribution >= 4 is 11.0 Å². The van der Waals surface area contributed by atoms with Gasteiger partial charge in [0.15, 0.2) is 11.5 Å². The van der Waals surface area contributed by atoms with Crippen molar-refractivity contribution in [3.05, 3.63) is 58.0 Å². The van der Waals surface area contributed by atoms with Gasteiger partial charge in [0, 0.05) is 33.7 Å². The van der Waals surface area contributed by atoms with Crippen molar-refractivity contribution in [2.24, 2.45) is 14.1 Å². The number of rotatable bonds is 6. The van der Waals surface area contributed by atoms with Gasteiger partial charge < -0.3 is 14.6 Å². The highest BCUT2D eigenvalue weighted by Gasteiger charge is 2.16. The number of imidazole rings is 1. The predicted molar refractivity (Wildman–Crippen MR) is 107 cm³/mol. The molecule has 7 heteroatoms. The Hall–Kier alpha value is -2.77. The third kappa shape index (κ3) is 3.50. The fourth-order valence-corrected chi connectivity index (χ4v) is 3.77. The number of fused-ring (bicyclic) bond motifs is 2. The lowest BCUT2D eigenvalue weighted by Gasteiger charge is -2.24. The number of aliphatic hydroxyl groups excluding tert-OH is 1. The van der Waals surface area contributed by atoms with Gasteiger partial charge in [-0.05, 0) is 42.3 Å². The smallest absolute Gasteiger partial charge is 0.328 e. The van der Waals surface area contributed by atoms with Crippen LogP contribution in [0.4, 0.5) is 0 Å². The van der Waals surface area contributed by atoms with Crippen molar-refractivity contribution < 1.29 is 14.6 Å². The van der Waals surface area contributed by atoms with Crippen LogP contribution in [-0.4, -0.2) is 38.6 Å². The highest BCUT2D eigenvalue weighted by molar-refractivity contribution is 5.76. The molecule has 0 amide bonds. The van der Waals surface area contributed by atoms with E-state index in [1.54, 1.807) is 30.2 Å². The highest BCUT2D eigenvalue weighted by atomic mass is 16.7. The molecule has 1 N–H and O–H groups in total. The van der Waals surface area contributed by atoms with E-state index in [2.05, 4.69) is 4.90 Å². The van der Waals surface area contributed by atoms with Crippen LogP contribution in [0.3, 0.4) is 0 Å². The summed E-state index contributed by atoms with van der Waals surface area (Å²) in [6.07, 6.45) is -0.446. The molecule has 1 atom stereocenters. The Labute approximate surface area is 163 Å². The van der Waals surface area contributed by atoms with Crippen LogP contribution in [0.25, 0.3) is 11.0 Å². The second-order valence-corrected chi connectivity index (χ2v) is 7.43. The average molecular weight is 383 g/mol. The first kappa shape index (κ1) is 18.6. The van der Waals surface area contributed by atoms with Crippen molar-refractivity contribution in [1.82, 2.24) is 14.0 Å². The van der Waals surface area contributed by atoms with Crippen LogP contribution in [0.1, 0.15) is 18.1 Å². The normalized spacial score (nSPS) is 14.2. The van der Waals surface area contributed by atoms with E-state index in [1.165, 1.54) is 0 Å². The zero-order chi connectivity index (χ0) is 19.8. The van der Waals surface area contributed by atoms with E-state index >= 15 is 0 Å². The third-order valence-electron chi connectivity index (χ3n) is 5.11. The summed E-state index contributed by atoms with van der Waals surface area (Å²) in [6.45, 7) is 3.93. The molecule has 0 saturated heterocycles. The quantitative estimate of drug-likeness (QED) is 0.705. The maximum Gasteiger partial charge on any atom is 0.328 e. The molecule has 0 saturated carbocycles. The van der Waals surface area contributed by atoms with E-state index in [1.807, 2.05) is 36.4 Å². The van der Waals surface area contributed by atoms with Gasteiger partial charge in [0.05, 0.1) is 17.1 Å². The Bertz CT molecular complexity index is 1070. The van der Waals surface area contributed by atoms with Crippen molar-refractivity contribution in [2.75, 3.05) is 13.3 Å². The van der Waals surface area contributed by atoms with Gasteiger partial charge in [-0.2, -0.15) is 0 Å². The summed E-state index contributed by atoms with van der Waals surface area (Å²) in [4.78, 5) is 14.3. The van der Waals surface area contributed by atoms with Gasteiger partial charge in [0.25, 0.3) is 0 Å². The van der Waals surface area contributed by atoms with Gasteiger partial charge in [0.2, 0.25) is 6.79 Å². The lowest BCUT2D eigenvalue weighted by atomic mass is 10.1. The third-order valence-corrected chi connectivity index (χ3v) is 5.11. The molecular weight excluding hydrogens is 358 g/mol. The molecule has 4 rings (SSSR count). The summed E-state index contributed by atoms with van der Waals surface area (Å²) in [5.41, 5.74) is 3.97. The Morgan fingerprint density at radius 2 is 1.64 bits per heavy atom. The van der Waals surface area contributed by atoms with Gasteiger partial charge in [-0.25, -0.2) is 4.79 Å². The molecule has 2 aromatic carbocycles. The molecule has 3 aromatic rings. The molecule has 1 aliphatic rings. The number of hydrogen-bond acceptors (Lipinski definition) is 5. The molecule has 2 heterocycles. The fourth-order valence-electron chi connectivity index (χ4n) is 3.77. The number of ether oxygens (including phenoxy) is 2. The molecule has 0 unspecified atom stereocenters. The molecular formula is C21H25N3O4. The summed E-state index contributed by atoms with van der Waals surface area (Å²) in [7, 11) is 3.57. The molecule has 1 aliphatic heterocycles. The number of aliphatic hydroxyl groups is 1. The Morgan fingerprint density at radius 1 is 1.00 bits per heavy atom. The first-order chi connectivity index (χ1) is 13.4. The standard InChI is InChI=1S/C21H25N3O4/c1-14(25)10-24(12-16-5-7-19-20(9-16)28-13-27-19)11-15-4-6-17-18(8-15)23(3)21(26)22(17)2/h4-9,14,25H,10-13H2,1-3H3/t14-/m1/s1. The number of hydrogen-bond donors (Lipinski definition) is 1. The highest BCUT2D eigenvalue weighted by Crippen LogP contribution is 2.33. The Kier molecular flexibility index (Phi) is 4.87. The lowest BCUT2D eigenvalue weighted by Crippen LogP contribution is -2.30. The lowest BCUT2D eigenvalue weighted by molar-refractivity contribution is 0.118. The van der Waals surface area contributed by atoms with Crippen LogP contribution in [0.5, 0.6) is 11.5 Å². The number of benzene rings is 2. The van der Waals surface area contributed by atoms with E-state index in [4.69, 9.17) is 9.47 Å². The summed E-state index contributed by atoms with van der Waals surface area (Å²) in [6, 6.07) is 12.0. The summed E-state index contributed by atoms with van der Waals surface area (Å²) >= 11 is 0. The van der Waals surface area contributed by atoms with Crippen LogP contribution >= 0.6 is 0 Å². The minimum absolute atomic E-state index is 0.0339. The second-order valence-electron chi connectivity index (χ2n) is 7.43. The van der Waals surface area contributed by atoms with E-state index < -0.39 is 6.10 Å². The van der Waals surface area contributed by atoms with Gasteiger partial charge in [-0.15, -0.1) is 0 Å². The summed E-state index contributed by atoms with van der Waals surface area (Å²) < 4.78 is 14.2. The van der Waals surface area contributed by atoms with Crippen LogP contribution in [0.15, 0.2) is 41.2 Å². The predicted octanol–water partition coefficient (Wildman–Crippen LogP) is 1.99. The van der Waals surface area contributed by atoms with Crippen molar-refractivity contribution in [1.29, 1.82) is 0 Å². The SMILES string of the molecule is C[C@@H](O)CN(Cc1ccc2c(c1)OCO2)Cc1ccc2c(c1)n(C)c(=O)n2C. The maximum absolute atomic E-state index is 12.2. The van der Waals surface area contributed by atoms with Crippen LogP contribution in [-0.2, 0) is 27.2 Å². The average Bonchev–Trinajstić information content (AvgIpc) is 3.20. The largest absolute Gasteiger partial charge is 0.454 e. The van der Waals surface area contributed by atoms with Crippen molar-refractivity contribution in [3.8, 4) is 11.5 Å². The summed E-state index contributed by atoms with van der Waals surface area (Å²) in [5.74, 6) is 1.52. The van der Waals surface area contributed by atoms with Gasteiger partial charge in [-0.1, -0.05) is 12.1 Å². The van der Waals surface area contributed by atoms with Crippen LogP contribution in [0.2, 0.25) is 0 Å². The van der Waals surface area contributed by atoms with E-state index in [0.29, 0.717) is 19.6 Å². The zero-order valence-electron chi connectivity index (χ0n) is 16.4. The molecule has 0 aliphatic carbocycles. The first-order valence-corrected chi connectivity index (χ1v) is 9.35. The van der Waals surface area contributed by atoms with E-state index in [9.17, 15) is 9.90 Å². The van der Waals surface area contributed by atoms with Gasteiger partial charge >= 0.3 is 5.69 Å². The van der Waals surface area contributed by atoms with Crippen molar-refractivity contribution in [2.45, 2.75) is 26.1 Å². The molecule has 0 bridgehead atoms. The summed E-state index contributed by atoms with van der Waals surface area (Å²) in [5, 5.41) is 9.95. The van der Waals surface area contributed by atoms with E-state index in [0.717, 1.165) is 33.7 Å². The molecule has 0 spiro atoms. The number of aryl methyl sites for hydroxylation is 2. The number of aromatic nitrogens is 2. The molecule has 7 nitrogen and oxygen atoms in total. The molecule has 148 valence electrons. The van der Waals surface area contributed by atoms with Crippen molar-refractivity contribution in [3.63, 3.8) is 0 Å². The maximum atomic E-state index is 12.2. The minimum Gasteiger partial charge on any atom is -0.454 e. The zero-order valence-corrected chi connectivity index (χ0v) is 16.4. The topological polar surface area (TPSA) is 68.9 Å². The Morgan fingerprint density at radius 3 is 2.39 bits per heavy atom. The Balaban J connectivity index is 1.59. The second kappa shape index (κ2) is 7.33. The number of nitrogens with zero attached hydrogens (tertiary/aromatic N) is 3. The van der Waals surface area contributed by atoms with Crippen LogP contribution in [0, 0.1) is 0 Å². The molecule has 0 fully saturated rings. The van der Waals surface area contributed by atoms with E-state index in [-0.39, 0.29) is 12.5 Å². The molecule has 0 radical (unpaired) electrons. The minimum atomic E-state index is -0.446. The molecule has 28 heavy (non-hydrogen) atoms. The first-order valence-electron chi connectivity index (χ1n) is 9.35.